The van der Waals surface area contributed by atoms with E-state index in [1.54, 1.807) is 0 Å². The van der Waals surface area contributed by atoms with Crippen LogP contribution in [-0.4, -0.2) is 11.5 Å². The van der Waals surface area contributed by atoms with Gasteiger partial charge < -0.3 is 5.73 Å². The molecule has 0 radical (unpaired) electrons. The summed E-state index contributed by atoms with van der Waals surface area (Å²) in [5.74, 6) is 1.19. The Balaban J connectivity index is 2.81. The van der Waals surface area contributed by atoms with Gasteiger partial charge in [0.05, 0.1) is 0 Å². The van der Waals surface area contributed by atoms with Crippen molar-refractivity contribution in [2.24, 2.45) is 11.7 Å². The second-order valence-electron chi connectivity index (χ2n) is 3.70. The summed E-state index contributed by atoms with van der Waals surface area (Å²) in [6, 6.07) is 4.16. The standard InChI is InChI=1S/C12H20N2/c1-3-10(4-2)12(9-13)11-5-7-14-8-6-11/h5-8,10,12H,3-4,9,13H2,1-2H3. The smallest absolute Gasteiger partial charge is 0.0270 e. The molecule has 2 heteroatoms. The van der Waals surface area contributed by atoms with Crippen molar-refractivity contribution in [3.05, 3.63) is 30.1 Å². The Labute approximate surface area is 86.5 Å². The van der Waals surface area contributed by atoms with Crippen LogP contribution in [0.5, 0.6) is 0 Å². The summed E-state index contributed by atoms with van der Waals surface area (Å²) in [6.07, 6.45) is 6.09. The van der Waals surface area contributed by atoms with E-state index in [0.717, 1.165) is 6.54 Å². The molecule has 78 valence electrons. The summed E-state index contributed by atoms with van der Waals surface area (Å²) in [5, 5.41) is 0. The zero-order valence-electron chi connectivity index (χ0n) is 9.11. The quantitative estimate of drug-likeness (QED) is 0.778. The van der Waals surface area contributed by atoms with Crippen LogP contribution in [0.25, 0.3) is 0 Å². The zero-order valence-corrected chi connectivity index (χ0v) is 9.11. The van der Waals surface area contributed by atoms with E-state index in [2.05, 4.69) is 31.0 Å². The monoisotopic (exact) mass is 192 g/mol. The van der Waals surface area contributed by atoms with Gasteiger partial charge in [-0.05, 0) is 36.1 Å². The first-order chi connectivity index (χ1) is 6.83. The second-order valence-corrected chi connectivity index (χ2v) is 3.70. The molecule has 0 aliphatic heterocycles. The first kappa shape index (κ1) is 11.2. The van der Waals surface area contributed by atoms with Crippen molar-refractivity contribution in [3.8, 4) is 0 Å². The molecule has 0 fully saturated rings. The third kappa shape index (κ3) is 2.55. The number of nitrogens with zero attached hydrogens (tertiary/aromatic N) is 1. The number of nitrogens with two attached hydrogens (primary N) is 1. The molecule has 0 amide bonds. The Morgan fingerprint density at radius 3 is 2.21 bits per heavy atom. The summed E-state index contributed by atoms with van der Waals surface area (Å²) in [4.78, 5) is 4.03. The molecule has 0 saturated heterocycles. The molecule has 0 bridgehead atoms. The van der Waals surface area contributed by atoms with Gasteiger partial charge in [0.2, 0.25) is 0 Å². The number of aromatic nitrogens is 1. The lowest BCUT2D eigenvalue weighted by molar-refractivity contribution is 0.402. The van der Waals surface area contributed by atoms with E-state index in [0.29, 0.717) is 11.8 Å². The molecule has 1 atom stereocenters. The molecule has 1 aromatic rings. The fourth-order valence-electron chi connectivity index (χ4n) is 2.07. The highest BCUT2D eigenvalue weighted by atomic mass is 14.6. The van der Waals surface area contributed by atoms with Crippen LogP contribution in [0.15, 0.2) is 24.5 Å². The van der Waals surface area contributed by atoms with Crippen molar-refractivity contribution in [1.29, 1.82) is 0 Å². The third-order valence-corrected chi connectivity index (χ3v) is 3.01. The van der Waals surface area contributed by atoms with Crippen LogP contribution < -0.4 is 5.73 Å². The first-order valence-corrected chi connectivity index (χ1v) is 5.43. The van der Waals surface area contributed by atoms with E-state index >= 15 is 0 Å². The highest BCUT2D eigenvalue weighted by molar-refractivity contribution is 5.17. The molecular weight excluding hydrogens is 172 g/mol. The van der Waals surface area contributed by atoms with E-state index in [4.69, 9.17) is 5.73 Å². The molecule has 0 saturated carbocycles. The van der Waals surface area contributed by atoms with Gasteiger partial charge in [0, 0.05) is 12.4 Å². The van der Waals surface area contributed by atoms with Crippen molar-refractivity contribution in [3.63, 3.8) is 0 Å². The van der Waals surface area contributed by atoms with Gasteiger partial charge in [0.1, 0.15) is 0 Å². The second kappa shape index (κ2) is 5.76. The zero-order chi connectivity index (χ0) is 10.4. The van der Waals surface area contributed by atoms with Crippen LogP contribution >= 0.6 is 0 Å². The molecule has 2 nitrogen and oxygen atoms in total. The Hall–Kier alpha value is -0.890. The number of hydrogen-bond donors (Lipinski definition) is 1. The molecule has 1 unspecified atom stereocenters. The number of rotatable bonds is 5. The van der Waals surface area contributed by atoms with Gasteiger partial charge >= 0.3 is 0 Å². The summed E-state index contributed by atoms with van der Waals surface area (Å²) in [5.41, 5.74) is 7.17. The van der Waals surface area contributed by atoms with Crippen molar-refractivity contribution < 1.29 is 0 Å². The molecule has 0 aromatic carbocycles. The topological polar surface area (TPSA) is 38.9 Å². The third-order valence-electron chi connectivity index (χ3n) is 3.01. The summed E-state index contributed by atoms with van der Waals surface area (Å²) in [7, 11) is 0. The Bertz CT molecular complexity index is 242. The van der Waals surface area contributed by atoms with Gasteiger partial charge in [-0.2, -0.15) is 0 Å². The molecule has 1 aromatic heterocycles. The van der Waals surface area contributed by atoms with Crippen molar-refractivity contribution in [1.82, 2.24) is 4.98 Å². The highest BCUT2D eigenvalue weighted by Crippen LogP contribution is 2.28. The maximum Gasteiger partial charge on any atom is 0.0270 e. The van der Waals surface area contributed by atoms with E-state index < -0.39 is 0 Å². The van der Waals surface area contributed by atoms with E-state index in [1.165, 1.54) is 18.4 Å². The summed E-state index contributed by atoms with van der Waals surface area (Å²) < 4.78 is 0. The lowest BCUT2D eigenvalue weighted by Crippen LogP contribution is -2.20. The Morgan fingerprint density at radius 2 is 1.79 bits per heavy atom. The van der Waals surface area contributed by atoms with Gasteiger partial charge in [-0.1, -0.05) is 26.7 Å². The molecule has 0 aliphatic carbocycles. The van der Waals surface area contributed by atoms with Crippen LogP contribution in [0.1, 0.15) is 38.2 Å². The van der Waals surface area contributed by atoms with E-state index in [-0.39, 0.29) is 0 Å². The van der Waals surface area contributed by atoms with Gasteiger partial charge in [-0.25, -0.2) is 0 Å². The van der Waals surface area contributed by atoms with Crippen LogP contribution in [0, 0.1) is 5.92 Å². The molecule has 0 spiro atoms. The average molecular weight is 192 g/mol. The SMILES string of the molecule is CCC(CC)C(CN)c1ccncc1. The normalized spacial score (nSPS) is 13.1. The lowest BCUT2D eigenvalue weighted by Gasteiger charge is -2.24. The molecular formula is C12H20N2. The highest BCUT2D eigenvalue weighted by Gasteiger charge is 2.18. The fourth-order valence-corrected chi connectivity index (χ4v) is 2.07. The molecule has 0 aliphatic rings. The van der Waals surface area contributed by atoms with Crippen molar-refractivity contribution >= 4 is 0 Å². The minimum absolute atomic E-state index is 0.494. The van der Waals surface area contributed by atoms with E-state index in [9.17, 15) is 0 Å². The predicted octanol–water partition coefficient (Wildman–Crippen LogP) is 2.56. The van der Waals surface area contributed by atoms with Gasteiger partial charge in [-0.15, -0.1) is 0 Å². The van der Waals surface area contributed by atoms with Gasteiger partial charge in [-0.3, -0.25) is 4.98 Å². The minimum atomic E-state index is 0.494. The van der Waals surface area contributed by atoms with Crippen LogP contribution in [0.2, 0.25) is 0 Å². The fraction of sp³-hybridized carbons (Fsp3) is 0.583. The number of hydrogen-bond acceptors (Lipinski definition) is 2. The minimum Gasteiger partial charge on any atom is -0.330 e. The average Bonchev–Trinajstić information content (AvgIpc) is 2.27. The molecule has 1 rings (SSSR count). The summed E-state index contributed by atoms with van der Waals surface area (Å²) in [6.45, 7) is 5.20. The number of pyridine rings is 1. The lowest BCUT2D eigenvalue weighted by atomic mass is 9.83. The maximum atomic E-state index is 5.84. The van der Waals surface area contributed by atoms with E-state index in [1.807, 2.05) is 12.4 Å². The Morgan fingerprint density at radius 1 is 1.21 bits per heavy atom. The molecule has 14 heavy (non-hydrogen) atoms. The molecule has 2 N–H and O–H groups in total. The van der Waals surface area contributed by atoms with Crippen LogP contribution in [0.3, 0.4) is 0 Å². The largest absolute Gasteiger partial charge is 0.330 e. The van der Waals surface area contributed by atoms with Crippen molar-refractivity contribution in [2.45, 2.75) is 32.6 Å². The first-order valence-electron chi connectivity index (χ1n) is 5.43. The predicted molar refractivity (Wildman–Crippen MR) is 60.1 cm³/mol. The summed E-state index contributed by atoms with van der Waals surface area (Å²) >= 11 is 0. The van der Waals surface area contributed by atoms with Gasteiger partial charge in [0.25, 0.3) is 0 Å². The maximum absolute atomic E-state index is 5.84. The van der Waals surface area contributed by atoms with Crippen LogP contribution in [0.4, 0.5) is 0 Å². The van der Waals surface area contributed by atoms with Crippen molar-refractivity contribution in [2.75, 3.05) is 6.54 Å². The Kier molecular flexibility index (Phi) is 4.60. The van der Waals surface area contributed by atoms with Crippen LogP contribution in [-0.2, 0) is 0 Å². The van der Waals surface area contributed by atoms with Gasteiger partial charge in [0.15, 0.2) is 0 Å². The molecule has 1 heterocycles.